The predicted molar refractivity (Wildman–Crippen MR) is 74.6 cm³/mol. The van der Waals surface area contributed by atoms with Gasteiger partial charge in [-0.05, 0) is 52.0 Å². The van der Waals surface area contributed by atoms with Gasteiger partial charge in [-0.25, -0.2) is 8.42 Å². The molecule has 0 aliphatic carbocycles. The number of rotatable bonds is 8. The van der Waals surface area contributed by atoms with Crippen molar-refractivity contribution < 1.29 is 13.2 Å². The van der Waals surface area contributed by atoms with Crippen LogP contribution in [-0.4, -0.2) is 46.2 Å². The molecule has 2 atom stereocenters. The van der Waals surface area contributed by atoms with E-state index in [1.807, 2.05) is 7.05 Å². The Hall–Kier alpha value is -0.130. The molecule has 0 radical (unpaired) electrons. The molecule has 1 saturated heterocycles. The fourth-order valence-corrected chi connectivity index (χ4v) is 3.14. The Labute approximate surface area is 111 Å². The van der Waals surface area contributed by atoms with Crippen molar-refractivity contribution in [2.75, 3.05) is 25.7 Å². The van der Waals surface area contributed by atoms with Gasteiger partial charge in [-0.2, -0.15) is 0 Å². The molecule has 4 nitrogen and oxygen atoms in total. The summed E-state index contributed by atoms with van der Waals surface area (Å²) in [5.74, 6) is 0.297. The van der Waals surface area contributed by atoms with Crippen LogP contribution in [0.1, 0.15) is 44.9 Å². The normalized spacial score (nSPS) is 22.9. The molecule has 1 heterocycles. The van der Waals surface area contributed by atoms with Gasteiger partial charge in [-0.1, -0.05) is 0 Å². The van der Waals surface area contributed by atoms with Gasteiger partial charge in [0.1, 0.15) is 9.84 Å². The summed E-state index contributed by atoms with van der Waals surface area (Å²) in [6.45, 7) is 0.906. The maximum atomic E-state index is 11.1. The molecule has 2 unspecified atom stereocenters. The molecule has 5 heteroatoms. The maximum Gasteiger partial charge on any atom is 0.147 e. The second kappa shape index (κ2) is 8.12. The third-order valence-electron chi connectivity index (χ3n) is 3.59. The van der Waals surface area contributed by atoms with Crippen LogP contribution in [0.4, 0.5) is 0 Å². The standard InChI is InChI=1S/C13H27NO3S/c1-14-12(6-5-11-18(2,15)16)8-9-13-7-3-4-10-17-13/h12-14H,3-11H2,1-2H3. The van der Waals surface area contributed by atoms with E-state index in [-0.39, 0.29) is 0 Å². The van der Waals surface area contributed by atoms with Crippen LogP contribution in [0.5, 0.6) is 0 Å². The van der Waals surface area contributed by atoms with Crippen molar-refractivity contribution in [2.24, 2.45) is 0 Å². The van der Waals surface area contributed by atoms with E-state index >= 15 is 0 Å². The van der Waals surface area contributed by atoms with Crippen LogP contribution in [0.25, 0.3) is 0 Å². The van der Waals surface area contributed by atoms with Gasteiger partial charge in [-0.15, -0.1) is 0 Å². The Balaban J connectivity index is 2.16. The molecule has 1 fully saturated rings. The number of sulfone groups is 1. The van der Waals surface area contributed by atoms with E-state index in [1.54, 1.807) is 0 Å². The lowest BCUT2D eigenvalue weighted by molar-refractivity contribution is 0.00856. The molecular formula is C13H27NO3S. The summed E-state index contributed by atoms with van der Waals surface area (Å²) in [7, 11) is -0.865. The van der Waals surface area contributed by atoms with Crippen LogP contribution in [0.2, 0.25) is 0 Å². The Kier molecular flexibility index (Phi) is 7.19. The smallest absolute Gasteiger partial charge is 0.147 e. The monoisotopic (exact) mass is 277 g/mol. The second-order valence-electron chi connectivity index (χ2n) is 5.32. The average molecular weight is 277 g/mol. The van der Waals surface area contributed by atoms with E-state index in [2.05, 4.69) is 5.32 Å². The maximum absolute atomic E-state index is 11.1. The Morgan fingerprint density at radius 2 is 2.11 bits per heavy atom. The van der Waals surface area contributed by atoms with Gasteiger partial charge in [0.15, 0.2) is 0 Å². The van der Waals surface area contributed by atoms with Crippen LogP contribution < -0.4 is 5.32 Å². The van der Waals surface area contributed by atoms with Crippen LogP contribution in [0.3, 0.4) is 0 Å². The van der Waals surface area contributed by atoms with E-state index in [0.717, 1.165) is 32.3 Å². The first kappa shape index (κ1) is 15.9. The lowest BCUT2D eigenvalue weighted by atomic mass is 9.99. The largest absolute Gasteiger partial charge is 0.378 e. The van der Waals surface area contributed by atoms with E-state index in [9.17, 15) is 8.42 Å². The molecule has 108 valence electrons. The molecule has 1 N–H and O–H groups in total. The van der Waals surface area contributed by atoms with Crippen LogP contribution in [0.15, 0.2) is 0 Å². The van der Waals surface area contributed by atoms with Gasteiger partial charge < -0.3 is 10.1 Å². The third-order valence-corrected chi connectivity index (χ3v) is 4.62. The van der Waals surface area contributed by atoms with E-state index < -0.39 is 9.84 Å². The Bertz CT molecular complexity index is 310. The molecule has 0 aromatic carbocycles. The highest BCUT2D eigenvalue weighted by molar-refractivity contribution is 7.90. The van der Waals surface area contributed by atoms with Crippen molar-refractivity contribution in [1.29, 1.82) is 0 Å². The highest BCUT2D eigenvalue weighted by atomic mass is 32.2. The summed E-state index contributed by atoms with van der Waals surface area (Å²) < 4.78 is 27.8. The lowest BCUT2D eigenvalue weighted by Crippen LogP contribution is -2.28. The lowest BCUT2D eigenvalue weighted by Gasteiger charge is -2.24. The van der Waals surface area contributed by atoms with E-state index in [1.165, 1.54) is 25.5 Å². The number of ether oxygens (including phenoxy) is 1. The minimum Gasteiger partial charge on any atom is -0.378 e. The van der Waals surface area contributed by atoms with Gasteiger partial charge in [0.25, 0.3) is 0 Å². The van der Waals surface area contributed by atoms with Gasteiger partial charge in [0.2, 0.25) is 0 Å². The van der Waals surface area contributed by atoms with Crippen molar-refractivity contribution in [3.05, 3.63) is 0 Å². The zero-order valence-corrected chi connectivity index (χ0v) is 12.5. The SMILES string of the molecule is CNC(CCCS(C)(=O)=O)CCC1CCCCO1. The van der Waals surface area contributed by atoms with Crippen molar-refractivity contribution in [3.63, 3.8) is 0 Å². The van der Waals surface area contributed by atoms with Crippen LogP contribution in [0, 0.1) is 0 Å². The van der Waals surface area contributed by atoms with Crippen LogP contribution >= 0.6 is 0 Å². The van der Waals surface area contributed by atoms with Gasteiger partial charge >= 0.3 is 0 Å². The molecule has 18 heavy (non-hydrogen) atoms. The summed E-state index contributed by atoms with van der Waals surface area (Å²) in [4.78, 5) is 0. The molecule has 0 saturated carbocycles. The Morgan fingerprint density at radius 3 is 2.67 bits per heavy atom. The fraction of sp³-hybridized carbons (Fsp3) is 1.00. The number of hydrogen-bond acceptors (Lipinski definition) is 4. The fourth-order valence-electron chi connectivity index (χ4n) is 2.45. The summed E-state index contributed by atoms with van der Waals surface area (Å²) in [5, 5.41) is 3.28. The molecule has 0 aromatic rings. The summed E-state index contributed by atoms with van der Waals surface area (Å²) in [6.07, 6.45) is 9.21. The molecule has 0 amide bonds. The van der Waals surface area contributed by atoms with E-state index in [4.69, 9.17) is 4.74 Å². The highest BCUT2D eigenvalue weighted by Crippen LogP contribution is 2.18. The zero-order valence-electron chi connectivity index (χ0n) is 11.7. The Morgan fingerprint density at radius 1 is 1.33 bits per heavy atom. The molecule has 0 bridgehead atoms. The van der Waals surface area contributed by atoms with Gasteiger partial charge in [0.05, 0.1) is 6.10 Å². The first-order chi connectivity index (χ1) is 8.51. The minimum absolute atomic E-state index is 0.297. The summed E-state index contributed by atoms with van der Waals surface area (Å²) in [6, 6.07) is 0.414. The van der Waals surface area contributed by atoms with Crippen molar-refractivity contribution in [3.8, 4) is 0 Å². The van der Waals surface area contributed by atoms with Gasteiger partial charge in [-0.3, -0.25) is 0 Å². The number of hydrogen-bond donors (Lipinski definition) is 1. The molecular weight excluding hydrogens is 250 g/mol. The third kappa shape index (κ3) is 7.34. The van der Waals surface area contributed by atoms with E-state index in [0.29, 0.717) is 17.9 Å². The van der Waals surface area contributed by atoms with Crippen molar-refractivity contribution in [1.82, 2.24) is 5.32 Å². The summed E-state index contributed by atoms with van der Waals surface area (Å²) >= 11 is 0. The first-order valence-electron chi connectivity index (χ1n) is 6.98. The second-order valence-corrected chi connectivity index (χ2v) is 7.58. The molecule has 1 aliphatic heterocycles. The summed E-state index contributed by atoms with van der Waals surface area (Å²) in [5.41, 5.74) is 0. The van der Waals surface area contributed by atoms with Crippen LogP contribution in [-0.2, 0) is 14.6 Å². The minimum atomic E-state index is -2.82. The quantitative estimate of drug-likeness (QED) is 0.734. The first-order valence-corrected chi connectivity index (χ1v) is 9.04. The van der Waals surface area contributed by atoms with Gasteiger partial charge in [0, 0.05) is 24.7 Å². The predicted octanol–water partition coefficient (Wildman–Crippen LogP) is 1.75. The molecule has 0 spiro atoms. The topological polar surface area (TPSA) is 55.4 Å². The molecule has 1 aliphatic rings. The average Bonchev–Trinajstić information content (AvgIpc) is 2.33. The number of nitrogens with one attached hydrogen (secondary N) is 1. The highest BCUT2D eigenvalue weighted by Gasteiger charge is 2.16. The zero-order chi connectivity index (χ0) is 13.4. The van der Waals surface area contributed by atoms with Crippen molar-refractivity contribution >= 4 is 9.84 Å². The molecule has 1 rings (SSSR count). The molecule has 0 aromatic heterocycles. The van der Waals surface area contributed by atoms with Crippen molar-refractivity contribution in [2.45, 2.75) is 57.1 Å².